The molecule has 13 heavy (non-hydrogen) atoms. The van der Waals surface area contributed by atoms with Crippen molar-refractivity contribution in [1.82, 2.24) is 0 Å². The summed E-state index contributed by atoms with van der Waals surface area (Å²) in [6.45, 7) is 2.59. The van der Waals surface area contributed by atoms with E-state index in [1.165, 1.54) is 13.8 Å². The molecular weight excluding hydrogens is 239 g/mol. The minimum atomic E-state index is -0.550. The van der Waals surface area contributed by atoms with Crippen LogP contribution in [-0.2, 0) is 0 Å². The summed E-state index contributed by atoms with van der Waals surface area (Å²) in [6, 6.07) is 0. The van der Waals surface area contributed by atoms with E-state index in [9.17, 15) is 19.8 Å². The van der Waals surface area contributed by atoms with Crippen molar-refractivity contribution in [3.8, 4) is 11.5 Å². The Balaban J connectivity index is 3.36. The van der Waals surface area contributed by atoms with Gasteiger partial charge in [-0.3, -0.25) is 0 Å². The van der Waals surface area contributed by atoms with Gasteiger partial charge in [0.15, 0.2) is 0 Å². The molecule has 0 atom stereocenters. The molecule has 4 nitrogen and oxygen atoms in total. The Morgan fingerprint density at radius 3 is 1.46 bits per heavy atom. The molecule has 1 rings (SSSR count). The first-order chi connectivity index (χ1) is 5.95. The van der Waals surface area contributed by atoms with E-state index in [1.807, 2.05) is 0 Å². The number of carbonyl (C=O) groups is 2. The second-order valence-corrected chi connectivity index (χ2v) is 4.71. The van der Waals surface area contributed by atoms with Gasteiger partial charge < -0.3 is 0 Å². The van der Waals surface area contributed by atoms with Gasteiger partial charge in [-0.05, 0) is 0 Å². The standard InChI is InChI=1S/C8H8O4Se/c1-3(9)7-5(11)6(12)8(13-7)4(2)10/h11-12H,1-2H3. The van der Waals surface area contributed by atoms with Crippen LogP contribution < -0.4 is 0 Å². The molecule has 0 fully saturated rings. The molecule has 0 aliphatic heterocycles. The summed E-state index contributed by atoms with van der Waals surface area (Å²) in [4.78, 5) is 21.8. The third-order valence-corrected chi connectivity index (χ3v) is 4.37. The Hall–Kier alpha value is -1.06. The van der Waals surface area contributed by atoms with Crippen LogP contribution in [0.25, 0.3) is 0 Å². The topological polar surface area (TPSA) is 74.6 Å². The van der Waals surface area contributed by atoms with E-state index < -0.39 is 26.0 Å². The second kappa shape index (κ2) is 3.36. The molecule has 1 aromatic heterocycles. The number of ketones is 2. The number of aromatic hydroxyl groups is 2. The van der Waals surface area contributed by atoms with E-state index in [0.717, 1.165) is 0 Å². The average molecular weight is 247 g/mol. The van der Waals surface area contributed by atoms with Crippen molar-refractivity contribution in [2.75, 3.05) is 0 Å². The minimum absolute atomic E-state index is 0.162. The van der Waals surface area contributed by atoms with Crippen LogP contribution in [0.3, 0.4) is 0 Å². The summed E-state index contributed by atoms with van der Waals surface area (Å²) in [6.07, 6.45) is 0. The summed E-state index contributed by atoms with van der Waals surface area (Å²) in [5, 5.41) is 18.5. The molecule has 70 valence electrons. The van der Waals surface area contributed by atoms with Crippen molar-refractivity contribution in [1.29, 1.82) is 0 Å². The Kier molecular flexibility index (Phi) is 2.59. The van der Waals surface area contributed by atoms with Crippen molar-refractivity contribution < 1.29 is 19.8 Å². The number of rotatable bonds is 2. The van der Waals surface area contributed by atoms with E-state index in [1.54, 1.807) is 0 Å². The zero-order chi connectivity index (χ0) is 10.2. The van der Waals surface area contributed by atoms with Crippen LogP contribution in [0.4, 0.5) is 0 Å². The Morgan fingerprint density at radius 2 is 1.31 bits per heavy atom. The van der Waals surface area contributed by atoms with Crippen LogP contribution in [0.1, 0.15) is 32.3 Å². The van der Waals surface area contributed by atoms with Crippen LogP contribution in [0.5, 0.6) is 11.5 Å². The van der Waals surface area contributed by atoms with Crippen molar-refractivity contribution in [2.24, 2.45) is 0 Å². The van der Waals surface area contributed by atoms with Gasteiger partial charge in [0.1, 0.15) is 0 Å². The van der Waals surface area contributed by atoms with Gasteiger partial charge in [0.2, 0.25) is 0 Å². The summed E-state index contributed by atoms with van der Waals surface area (Å²) >= 11 is -0.550. The molecule has 0 unspecified atom stereocenters. The van der Waals surface area contributed by atoms with Gasteiger partial charge >= 0.3 is 80.1 Å². The van der Waals surface area contributed by atoms with Crippen LogP contribution in [-0.4, -0.2) is 36.3 Å². The third-order valence-electron chi connectivity index (χ3n) is 1.50. The molecule has 2 N–H and O–H groups in total. The van der Waals surface area contributed by atoms with Gasteiger partial charge in [0.05, 0.1) is 0 Å². The van der Waals surface area contributed by atoms with Gasteiger partial charge in [-0.25, -0.2) is 0 Å². The molecule has 1 heterocycles. The van der Waals surface area contributed by atoms with Crippen LogP contribution in [0, 0.1) is 0 Å². The molecule has 0 spiro atoms. The SMILES string of the molecule is CC(=O)c1[se]c(C(C)=O)c(O)c1O. The van der Waals surface area contributed by atoms with E-state index in [-0.39, 0.29) is 20.4 Å². The fraction of sp³-hybridized carbons (Fsp3) is 0.250. The molecule has 0 aliphatic carbocycles. The zero-order valence-corrected chi connectivity index (χ0v) is 8.83. The third kappa shape index (κ3) is 1.66. The van der Waals surface area contributed by atoms with Crippen LogP contribution in [0.2, 0.25) is 0 Å². The summed E-state index contributed by atoms with van der Waals surface area (Å²) in [7, 11) is 0. The molecule has 0 bridgehead atoms. The molecule has 0 saturated carbocycles. The van der Waals surface area contributed by atoms with Gasteiger partial charge in [-0.2, -0.15) is 0 Å². The van der Waals surface area contributed by atoms with Crippen molar-refractivity contribution in [2.45, 2.75) is 13.8 Å². The molecule has 0 radical (unpaired) electrons. The van der Waals surface area contributed by atoms with Gasteiger partial charge in [0, 0.05) is 0 Å². The Morgan fingerprint density at radius 1 is 1.00 bits per heavy atom. The number of Topliss-reactive ketones (excluding diaryl/α,β-unsaturated/α-hetero) is 2. The molecular formula is C8H8O4Se. The van der Waals surface area contributed by atoms with Crippen molar-refractivity contribution >= 4 is 26.1 Å². The fourth-order valence-corrected chi connectivity index (χ4v) is 2.73. The first kappa shape index (κ1) is 10.0. The van der Waals surface area contributed by atoms with Crippen LogP contribution in [0.15, 0.2) is 0 Å². The zero-order valence-electron chi connectivity index (χ0n) is 7.12. The van der Waals surface area contributed by atoms with E-state index in [0.29, 0.717) is 0 Å². The average Bonchev–Trinajstić information content (AvgIpc) is 2.29. The first-order valence-corrected chi connectivity index (χ1v) is 5.23. The van der Waals surface area contributed by atoms with E-state index in [2.05, 4.69) is 0 Å². The summed E-state index contributed by atoms with van der Waals surface area (Å²) in [5.41, 5.74) is 0. The second-order valence-electron chi connectivity index (χ2n) is 2.57. The molecule has 0 saturated heterocycles. The number of hydrogen-bond acceptors (Lipinski definition) is 4. The molecule has 0 aliphatic rings. The molecule has 1 aromatic rings. The Labute approximate surface area is 80.6 Å². The quantitative estimate of drug-likeness (QED) is 0.591. The monoisotopic (exact) mass is 248 g/mol. The molecule has 0 aromatic carbocycles. The number of carbonyl (C=O) groups excluding carboxylic acids is 2. The van der Waals surface area contributed by atoms with Crippen molar-refractivity contribution in [3.05, 3.63) is 8.87 Å². The Bertz CT molecular complexity index is 343. The van der Waals surface area contributed by atoms with Gasteiger partial charge in [-0.15, -0.1) is 0 Å². The maximum atomic E-state index is 10.9. The maximum absolute atomic E-state index is 10.9. The van der Waals surface area contributed by atoms with Gasteiger partial charge in [-0.1, -0.05) is 0 Å². The van der Waals surface area contributed by atoms with E-state index >= 15 is 0 Å². The predicted octanol–water partition coefficient (Wildman–Crippen LogP) is 0.560. The number of hydrogen-bond donors (Lipinski definition) is 2. The summed E-state index contributed by atoms with van der Waals surface area (Å²) < 4.78 is 0.324. The fourth-order valence-electron chi connectivity index (χ4n) is 0.891. The normalized spacial score (nSPS) is 10.0. The van der Waals surface area contributed by atoms with Gasteiger partial charge in [0.25, 0.3) is 0 Å². The van der Waals surface area contributed by atoms with Crippen molar-refractivity contribution in [3.63, 3.8) is 0 Å². The predicted molar refractivity (Wildman–Crippen MR) is 46.7 cm³/mol. The molecule has 0 amide bonds. The van der Waals surface area contributed by atoms with Crippen LogP contribution >= 0.6 is 0 Å². The molecule has 5 heteroatoms. The summed E-state index contributed by atoms with van der Waals surface area (Å²) in [5.74, 6) is -1.48. The van der Waals surface area contributed by atoms with E-state index in [4.69, 9.17) is 0 Å². The first-order valence-electron chi connectivity index (χ1n) is 3.51.